The average Bonchev–Trinajstić information content (AvgIpc) is 2.88. The van der Waals surface area contributed by atoms with Crippen molar-refractivity contribution >= 4 is 29.1 Å². The summed E-state index contributed by atoms with van der Waals surface area (Å²) in [5, 5.41) is 3.26. The van der Waals surface area contributed by atoms with E-state index >= 15 is 0 Å². The number of nitrogens with zero attached hydrogens (tertiary/aromatic N) is 2. The van der Waals surface area contributed by atoms with E-state index in [-0.39, 0.29) is 12.4 Å². The Hall–Kier alpha value is -4.23. The van der Waals surface area contributed by atoms with E-state index in [1.54, 1.807) is 79.3 Å². The van der Waals surface area contributed by atoms with Crippen LogP contribution in [-0.4, -0.2) is 28.3 Å². The highest BCUT2D eigenvalue weighted by atomic mass is 35.5. The number of nitrogens with one attached hydrogen (secondary N) is 1. The van der Waals surface area contributed by atoms with E-state index < -0.39 is 5.91 Å². The maximum absolute atomic E-state index is 12.5. The lowest BCUT2D eigenvalue weighted by Crippen LogP contribution is -2.21. The quantitative estimate of drug-likeness (QED) is 0.346. The summed E-state index contributed by atoms with van der Waals surface area (Å²) >= 11 is 5.87. The SMILES string of the molecule is O=C(COc1ccc(C(=O)c2ccc(Cl)cc2)cc1)Nc1ncccc1OCc1ccncc1. The number of carbonyl (C=O) groups excluding carboxylic acids is 2. The van der Waals surface area contributed by atoms with Crippen LogP contribution in [-0.2, 0) is 11.4 Å². The molecule has 0 spiro atoms. The van der Waals surface area contributed by atoms with Crippen molar-refractivity contribution in [3.8, 4) is 11.5 Å². The fourth-order valence-corrected chi connectivity index (χ4v) is 3.15. The number of halogens is 1. The van der Waals surface area contributed by atoms with E-state index in [0.29, 0.717) is 40.1 Å². The molecular weight excluding hydrogens is 454 g/mol. The first-order chi connectivity index (χ1) is 16.6. The number of ketones is 1. The number of hydrogen-bond donors (Lipinski definition) is 1. The lowest BCUT2D eigenvalue weighted by Gasteiger charge is -2.12. The number of pyridine rings is 2. The van der Waals surface area contributed by atoms with Gasteiger partial charge >= 0.3 is 0 Å². The molecule has 0 fully saturated rings. The molecule has 0 aliphatic heterocycles. The lowest BCUT2D eigenvalue weighted by molar-refractivity contribution is -0.118. The summed E-state index contributed by atoms with van der Waals surface area (Å²) in [6.07, 6.45) is 4.93. The second-order valence-electron chi connectivity index (χ2n) is 7.19. The maximum atomic E-state index is 12.5. The van der Waals surface area contributed by atoms with E-state index in [1.807, 2.05) is 12.1 Å². The molecule has 34 heavy (non-hydrogen) atoms. The lowest BCUT2D eigenvalue weighted by atomic mass is 10.0. The van der Waals surface area contributed by atoms with Gasteiger partial charge in [0.25, 0.3) is 5.91 Å². The zero-order chi connectivity index (χ0) is 23.8. The Morgan fingerprint density at radius 3 is 2.21 bits per heavy atom. The zero-order valence-electron chi connectivity index (χ0n) is 18.0. The second kappa shape index (κ2) is 11.1. The Bertz CT molecular complexity index is 1260. The van der Waals surface area contributed by atoms with Crippen LogP contribution in [0.2, 0.25) is 5.02 Å². The molecule has 4 rings (SSSR count). The van der Waals surface area contributed by atoms with Crippen molar-refractivity contribution in [3.63, 3.8) is 0 Å². The van der Waals surface area contributed by atoms with Crippen molar-refractivity contribution < 1.29 is 19.1 Å². The second-order valence-corrected chi connectivity index (χ2v) is 7.63. The minimum absolute atomic E-state index is 0.129. The van der Waals surface area contributed by atoms with E-state index in [9.17, 15) is 9.59 Å². The first kappa shape index (κ1) is 22.9. The van der Waals surface area contributed by atoms with Crippen LogP contribution in [0.25, 0.3) is 0 Å². The minimum atomic E-state index is -0.395. The van der Waals surface area contributed by atoms with E-state index in [0.717, 1.165) is 5.56 Å². The van der Waals surface area contributed by atoms with Gasteiger partial charge < -0.3 is 14.8 Å². The summed E-state index contributed by atoms with van der Waals surface area (Å²) in [6.45, 7) is 0.0829. The molecule has 2 heterocycles. The maximum Gasteiger partial charge on any atom is 0.263 e. The summed E-state index contributed by atoms with van der Waals surface area (Å²) in [7, 11) is 0. The summed E-state index contributed by atoms with van der Waals surface area (Å²) < 4.78 is 11.3. The Morgan fingerprint density at radius 1 is 0.824 bits per heavy atom. The van der Waals surface area contributed by atoms with Gasteiger partial charge in [0.15, 0.2) is 24.0 Å². The fourth-order valence-electron chi connectivity index (χ4n) is 3.03. The number of carbonyl (C=O) groups is 2. The number of aromatic nitrogens is 2. The van der Waals surface area contributed by atoms with Crippen LogP contribution in [0.3, 0.4) is 0 Å². The fraction of sp³-hybridized carbons (Fsp3) is 0.0769. The standard InChI is InChI=1S/C26H20ClN3O4/c27-21-7-3-19(4-8-21)25(32)20-5-9-22(10-6-20)33-17-24(31)30-26-23(2-1-13-29-26)34-16-18-11-14-28-15-12-18/h1-15H,16-17H2,(H,29,30,31). The van der Waals surface area contributed by atoms with Crippen LogP contribution in [0, 0.1) is 0 Å². The average molecular weight is 474 g/mol. The van der Waals surface area contributed by atoms with Gasteiger partial charge in [0.05, 0.1) is 0 Å². The third kappa shape index (κ3) is 6.17. The number of anilines is 1. The van der Waals surface area contributed by atoms with Gasteiger partial charge in [0.2, 0.25) is 0 Å². The highest BCUT2D eigenvalue weighted by Gasteiger charge is 2.12. The summed E-state index contributed by atoms with van der Waals surface area (Å²) in [5.41, 5.74) is 1.98. The smallest absolute Gasteiger partial charge is 0.263 e. The number of amides is 1. The van der Waals surface area contributed by atoms with Crippen molar-refractivity contribution in [1.29, 1.82) is 0 Å². The van der Waals surface area contributed by atoms with Gasteiger partial charge in [-0.15, -0.1) is 0 Å². The van der Waals surface area contributed by atoms with E-state index in [1.165, 1.54) is 0 Å². The van der Waals surface area contributed by atoms with Crippen molar-refractivity contribution in [3.05, 3.63) is 113 Å². The van der Waals surface area contributed by atoms with Crippen molar-refractivity contribution in [2.75, 3.05) is 11.9 Å². The molecule has 1 N–H and O–H groups in total. The molecule has 0 aliphatic carbocycles. The zero-order valence-corrected chi connectivity index (χ0v) is 18.7. The van der Waals surface area contributed by atoms with Crippen molar-refractivity contribution in [2.24, 2.45) is 0 Å². The van der Waals surface area contributed by atoms with Gasteiger partial charge in [-0.1, -0.05) is 11.6 Å². The molecule has 0 aliphatic rings. The number of rotatable bonds is 9. The molecule has 0 bridgehead atoms. The summed E-state index contributed by atoms with van der Waals surface area (Å²) in [6, 6.07) is 20.4. The van der Waals surface area contributed by atoms with Crippen molar-refractivity contribution in [1.82, 2.24) is 9.97 Å². The number of hydrogen-bond acceptors (Lipinski definition) is 6. The van der Waals surface area contributed by atoms with Crippen LogP contribution in [0.4, 0.5) is 5.82 Å². The minimum Gasteiger partial charge on any atom is -0.485 e. The van der Waals surface area contributed by atoms with Gasteiger partial charge in [-0.3, -0.25) is 14.6 Å². The van der Waals surface area contributed by atoms with Gasteiger partial charge in [-0.05, 0) is 78.4 Å². The predicted molar refractivity (Wildman–Crippen MR) is 128 cm³/mol. The molecule has 170 valence electrons. The monoisotopic (exact) mass is 473 g/mol. The Kier molecular flexibility index (Phi) is 7.47. The molecule has 0 saturated heterocycles. The van der Waals surface area contributed by atoms with E-state index in [4.69, 9.17) is 21.1 Å². The topological polar surface area (TPSA) is 90.4 Å². The van der Waals surface area contributed by atoms with E-state index in [2.05, 4.69) is 15.3 Å². The van der Waals surface area contributed by atoms with Gasteiger partial charge in [0, 0.05) is 34.7 Å². The largest absolute Gasteiger partial charge is 0.485 e. The van der Waals surface area contributed by atoms with Gasteiger partial charge in [-0.25, -0.2) is 4.98 Å². The first-order valence-electron chi connectivity index (χ1n) is 10.4. The molecule has 8 heteroatoms. The Morgan fingerprint density at radius 2 is 1.50 bits per heavy atom. The van der Waals surface area contributed by atoms with Gasteiger partial charge in [-0.2, -0.15) is 0 Å². The normalized spacial score (nSPS) is 10.4. The highest BCUT2D eigenvalue weighted by Crippen LogP contribution is 2.22. The van der Waals surface area contributed by atoms with Gasteiger partial charge in [0.1, 0.15) is 12.4 Å². The Labute approximate surface area is 201 Å². The molecule has 0 atom stereocenters. The van der Waals surface area contributed by atoms with Crippen LogP contribution in [0.5, 0.6) is 11.5 Å². The molecule has 4 aromatic rings. The van der Waals surface area contributed by atoms with Crippen LogP contribution < -0.4 is 14.8 Å². The summed E-state index contributed by atoms with van der Waals surface area (Å²) in [5.74, 6) is 0.675. The molecule has 2 aromatic heterocycles. The molecule has 1 amide bonds. The molecule has 7 nitrogen and oxygen atoms in total. The highest BCUT2D eigenvalue weighted by molar-refractivity contribution is 6.30. The molecule has 2 aromatic carbocycles. The van der Waals surface area contributed by atoms with Crippen molar-refractivity contribution in [2.45, 2.75) is 6.61 Å². The third-order valence-corrected chi connectivity index (χ3v) is 5.02. The van der Waals surface area contributed by atoms with Crippen LogP contribution in [0.15, 0.2) is 91.4 Å². The Balaban J connectivity index is 1.31. The number of benzene rings is 2. The third-order valence-electron chi connectivity index (χ3n) is 4.77. The van der Waals surface area contributed by atoms with Crippen LogP contribution >= 0.6 is 11.6 Å². The predicted octanol–water partition coefficient (Wildman–Crippen LogP) is 4.96. The molecular formula is C26H20ClN3O4. The number of ether oxygens (including phenoxy) is 2. The molecule has 0 saturated carbocycles. The molecule has 0 radical (unpaired) electrons. The van der Waals surface area contributed by atoms with Crippen LogP contribution in [0.1, 0.15) is 21.5 Å². The first-order valence-corrected chi connectivity index (χ1v) is 10.8. The summed E-state index contributed by atoms with van der Waals surface area (Å²) in [4.78, 5) is 33.1. The molecule has 0 unspecified atom stereocenters.